The summed E-state index contributed by atoms with van der Waals surface area (Å²) in [4.78, 5) is 4.85. The van der Waals surface area contributed by atoms with Crippen LogP contribution < -0.4 is 0 Å². The summed E-state index contributed by atoms with van der Waals surface area (Å²) >= 11 is 7.34. The van der Waals surface area contributed by atoms with E-state index in [1.54, 1.807) is 18.0 Å². The van der Waals surface area contributed by atoms with Crippen molar-refractivity contribution in [3.05, 3.63) is 24.2 Å². The van der Waals surface area contributed by atoms with E-state index >= 15 is 0 Å². The second kappa shape index (κ2) is 6.29. The van der Waals surface area contributed by atoms with Crippen molar-refractivity contribution in [2.75, 3.05) is 12.5 Å². The SMILES string of the molecule is S=C1SCN(Cc2ccco2)CN1C1CCCCC1. The van der Waals surface area contributed by atoms with Gasteiger partial charge in [-0.2, -0.15) is 0 Å². The van der Waals surface area contributed by atoms with E-state index in [9.17, 15) is 0 Å². The standard InChI is InChI=1S/C14H20N2OS2/c18-14-16(12-5-2-1-3-6-12)10-15(11-19-14)9-13-7-4-8-17-13/h4,7-8,12H,1-3,5-6,9-11H2. The molecule has 1 aromatic heterocycles. The second-order valence-corrected chi connectivity index (χ2v) is 6.93. The number of nitrogens with zero attached hydrogens (tertiary/aromatic N) is 2. The van der Waals surface area contributed by atoms with Crippen molar-refractivity contribution in [2.24, 2.45) is 0 Å². The van der Waals surface area contributed by atoms with Gasteiger partial charge in [0.05, 0.1) is 25.4 Å². The Morgan fingerprint density at radius 2 is 2.16 bits per heavy atom. The Labute approximate surface area is 124 Å². The fourth-order valence-corrected chi connectivity index (χ4v) is 4.12. The van der Waals surface area contributed by atoms with Gasteiger partial charge in [-0.3, -0.25) is 4.90 Å². The zero-order valence-electron chi connectivity index (χ0n) is 11.1. The van der Waals surface area contributed by atoms with E-state index in [2.05, 4.69) is 9.80 Å². The Hall–Kier alpha value is -0.520. The van der Waals surface area contributed by atoms with Crippen molar-refractivity contribution in [3.8, 4) is 0 Å². The summed E-state index contributed by atoms with van der Waals surface area (Å²) < 4.78 is 6.53. The number of thioether (sulfide) groups is 1. The lowest BCUT2D eigenvalue weighted by Gasteiger charge is -2.42. The van der Waals surface area contributed by atoms with Crippen LogP contribution in [0, 0.1) is 0 Å². The minimum Gasteiger partial charge on any atom is -0.468 e. The Morgan fingerprint density at radius 3 is 2.89 bits per heavy atom. The van der Waals surface area contributed by atoms with Crippen LogP contribution in [0.4, 0.5) is 0 Å². The van der Waals surface area contributed by atoms with E-state index < -0.39 is 0 Å². The summed E-state index contributed by atoms with van der Waals surface area (Å²) in [7, 11) is 0. The summed E-state index contributed by atoms with van der Waals surface area (Å²) in [6, 6.07) is 4.66. The van der Waals surface area contributed by atoms with Gasteiger partial charge in [0.2, 0.25) is 0 Å². The Kier molecular flexibility index (Phi) is 4.45. The molecule has 0 aromatic carbocycles. The topological polar surface area (TPSA) is 19.6 Å². The van der Waals surface area contributed by atoms with Crippen LogP contribution in [0.1, 0.15) is 37.9 Å². The van der Waals surface area contributed by atoms with Gasteiger partial charge in [-0.25, -0.2) is 0 Å². The maximum atomic E-state index is 5.55. The number of thiocarbonyl (C=S) groups is 1. The van der Waals surface area contributed by atoms with Crippen molar-refractivity contribution in [2.45, 2.75) is 44.7 Å². The summed E-state index contributed by atoms with van der Waals surface area (Å²) in [5, 5.41) is 0. The molecule has 3 rings (SSSR count). The maximum absolute atomic E-state index is 5.55. The molecule has 2 aliphatic rings. The van der Waals surface area contributed by atoms with E-state index in [1.165, 1.54) is 32.1 Å². The van der Waals surface area contributed by atoms with Crippen LogP contribution in [-0.2, 0) is 6.54 Å². The van der Waals surface area contributed by atoms with Gasteiger partial charge >= 0.3 is 0 Å². The van der Waals surface area contributed by atoms with Gasteiger partial charge in [0.15, 0.2) is 0 Å². The number of hydrogen-bond acceptors (Lipinski definition) is 4. The predicted molar refractivity (Wildman–Crippen MR) is 82.9 cm³/mol. The van der Waals surface area contributed by atoms with Gasteiger partial charge in [-0.15, -0.1) is 0 Å². The molecule has 2 heterocycles. The van der Waals surface area contributed by atoms with E-state index in [-0.39, 0.29) is 0 Å². The van der Waals surface area contributed by atoms with Crippen LogP contribution in [-0.4, -0.2) is 32.7 Å². The molecule has 0 atom stereocenters. The average Bonchev–Trinajstić information content (AvgIpc) is 2.95. The quantitative estimate of drug-likeness (QED) is 0.791. The van der Waals surface area contributed by atoms with Gasteiger partial charge in [-0.05, 0) is 25.0 Å². The molecule has 1 saturated heterocycles. The van der Waals surface area contributed by atoms with Crippen molar-refractivity contribution in [1.29, 1.82) is 0 Å². The fourth-order valence-electron chi connectivity index (χ4n) is 2.92. The van der Waals surface area contributed by atoms with E-state index in [4.69, 9.17) is 16.6 Å². The lowest BCUT2D eigenvalue weighted by molar-refractivity contribution is 0.140. The van der Waals surface area contributed by atoms with Crippen LogP contribution in [0.15, 0.2) is 22.8 Å². The van der Waals surface area contributed by atoms with Crippen LogP contribution in [0.3, 0.4) is 0 Å². The molecule has 0 spiro atoms. The molecule has 0 amide bonds. The fraction of sp³-hybridized carbons (Fsp3) is 0.643. The summed E-state index contributed by atoms with van der Waals surface area (Å²) in [5.74, 6) is 2.01. The first-order chi connectivity index (χ1) is 9.33. The Morgan fingerprint density at radius 1 is 1.32 bits per heavy atom. The van der Waals surface area contributed by atoms with Gasteiger partial charge in [0, 0.05) is 6.04 Å². The molecule has 19 heavy (non-hydrogen) atoms. The molecule has 3 nitrogen and oxygen atoms in total. The number of rotatable bonds is 3. The smallest absolute Gasteiger partial charge is 0.138 e. The molecular formula is C14H20N2OS2. The van der Waals surface area contributed by atoms with E-state index in [0.29, 0.717) is 6.04 Å². The second-order valence-electron chi connectivity index (χ2n) is 5.35. The minimum absolute atomic E-state index is 0.660. The normalized spacial score (nSPS) is 22.9. The predicted octanol–water partition coefficient (Wildman–Crippen LogP) is 3.66. The van der Waals surface area contributed by atoms with Crippen molar-refractivity contribution in [3.63, 3.8) is 0 Å². The van der Waals surface area contributed by atoms with Crippen LogP contribution in [0.5, 0.6) is 0 Å². The minimum atomic E-state index is 0.660. The summed E-state index contributed by atoms with van der Waals surface area (Å²) in [5.41, 5.74) is 0. The highest BCUT2D eigenvalue weighted by molar-refractivity contribution is 8.22. The van der Waals surface area contributed by atoms with Crippen molar-refractivity contribution >= 4 is 28.3 Å². The molecule has 0 radical (unpaired) electrons. The monoisotopic (exact) mass is 296 g/mol. The van der Waals surface area contributed by atoms with Crippen LogP contribution in [0.2, 0.25) is 0 Å². The van der Waals surface area contributed by atoms with Crippen LogP contribution >= 0.6 is 24.0 Å². The van der Waals surface area contributed by atoms with E-state index in [1.807, 2.05) is 12.1 Å². The first-order valence-corrected chi connectivity index (χ1v) is 8.40. The summed E-state index contributed by atoms with van der Waals surface area (Å²) in [6.45, 7) is 1.84. The maximum Gasteiger partial charge on any atom is 0.138 e. The van der Waals surface area contributed by atoms with Crippen LogP contribution in [0.25, 0.3) is 0 Å². The molecule has 1 aromatic rings. The summed E-state index contributed by atoms with van der Waals surface area (Å²) in [6.07, 6.45) is 8.44. The number of furan rings is 1. The molecule has 0 unspecified atom stereocenters. The van der Waals surface area contributed by atoms with Gasteiger partial charge < -0.3 is 9.32 Å². The molecule has 104 valence electrons. The van der Waals surface area contributed by atoms with Gasteiger partial charge in [0.1, 0.15) is 10.1 Å². The Bertz CT molecular complexity index is 415. The highest BCUT2D eigenvalue weighted by Crippen LogP contribution is 2.29. The first kappa shape index (κ1) is 13.5. The molecule has 0 N–H and O–H groups in total. The first-order valence-electron chi connectivity index (χ1n) is 7.01. The van der Waals surface area contributed by atoms with Gasteiger partial charge in [0.25, 0.3) is 0 Å². The highest BCUT2D eigenvalue weighted by atomic mass is 32.2. The van der Waals surface area contributed by atoms with Gasteiger partial charge in [-0.1, -0.05) is 43.2 Å². The zero-order chi connectivity index (χ0) is 13.1. The average molecular weight is 296 g/mol. The third-order valence-corrected chi connectivity index (χ3v) is 5.50. The number of hydrogen-bond donors (Lipinski definition) is 0. The third kappa shape index (κ3) is 3.33. The largest absolute Gasteiger partial charge is 0.468 e. The Balaban J connectivity index is 1.61. The third-order valence-electron chi connectivity index (χ3n) is 3.93. The lowest BCUT2D eigenvalue weighted by atomic mass is 9.95. The molecule has 0 bridgehead atoms. The van der Waals surface area contributed by atoms with E-state index in [0.717, 1.165) is 29.2 Å². The molecule has 5 heteroatoms. The zero-order valence-corrected chi connectivity index (χ0v) is 12.7. The molecule has 1 saturated carbocycles. The molecular weight excluding hydrogens is 276 g/mol. The van der Waals surface area contributed by atoms with Crippen molar-refractivity contribution < 1.29 is 4.42 Å². The molecule has 1 aliphatic carbocycles. The highest BCUT2D eigenvalue weighted by Gasteiger charge is 2.29. The molecule has 2 fully saturated rings. The lowest BCUT2D eigenvalue weighted by Crippen LogP contribution is -2.49. The van der Waals surface area contributed by atoms with Crippen molar-refractivity contribution in [1.82, 2.24) is 9.80 Å². The molecule has 1 aliphatic heterocycles.